The van der Waals surface area contributed by atoms with Crippen LogP contribution in [0.3, 0.4) is 0 Å². The predicted molar refractivity (Wildman–Crippen MR) is 57.6 cm³/mol. The molecule has 0 unspecified atom stereocenters. The number of anilines is 1. The highest BCUT2D eigenvalue weighted by Crippen LogP contribution is 2.34. The molecular weight excluding hydrogens is 182 g/mol. The van der Waals surface area contributed by atoms with E-state index in [1.807, 2.05) is 6.07 Å². The number of hydrogen-bond donors (Lipinski definition) is 2. The molecule has 72 valence electrons. The molecule has 0 atom stereocenters. The Labute approximate surface area is 82.9 Å². The average molecular weight is 197 g/mol. The van der Waals surface area contributed by atoms with Gasteiger partial charge in [0, 0.05) is 22.4 Å². The summed E-state index contributed by atoms with van der Waals surface area (Å²) in [4.78, 5) is 4.98. The van der Waals surface area contributed by atoms with Gasteiger partial charge in [-0.2, -0.15) is 0 Å². The van der Waals surface area contributed by atoms with E-state index in [9.17, 15) is 0 Å². The number of nitrogens with two attached hydrogens (primary N) is 2. The van der Waals surface area contributed by atoms with E-state index in [0.717, 1.165) is 4.90 Å². The Kier molecular flexibility index (Phi) is 3.17. The molecule has 0 radical (unpaired) electrons. The molecule has 0 spiro atoms. The number of aromatic nitrogens is 1. The van der Waals surface area contributed by atoms with Crippen molar-refractivity contribution < 1.29 is 0 Å². The lowest BCUT2D eigenvalue weighted by Gasteiger charge is -2.22. The molecule has 0 aliphatic heterocycles. The number of hydrogen-bond acceptors (Lipinski definition) is 4. The Morgan fingerprint density at radius 1 is 1.54 bits per heavy atom. The van der Waals surface area contributed by atoms with Crippen LogP contribution in [-0.2, 0) is 0 Å². The summed E-state index contributed by atoms with van der Waals surface area (Å²) in [7, 11) is 0. The topological polar surface area (TPSA) is 64.9 Å². The van der Waals surface area contributed by atoms with Gasteiger partial charge in [-0.3, -0.25) is 4.98 Å². The first-order valence-corrected chi connectivity index (χ1v) is 4.95. The second-order valence-corrected chi connectivity index (χ2v) is 5.23. The van der Waals surface area contributed by atoms with Gasteiger partial charge in [-0.15, -0.1) is 11.8 Å². The third-order valence-corrected chi connectivity index (χ3v) is 3.00. The fourth-order valence-corrected chi connectivity index (χ4v) is 1.80. The van der Waals surface area contributed by atoms with E-state index in [1.165, 1.54) is 0 Å². The van der Waals surface area contributed by atoms with Crippen molar-refractivity contribution in [2.75, 3.05) is 12.3 Å². The number of thioether (sulfide) groups is 1. The summed E-state index contributed by atoms with van der Waals surface area (Å²) < 4.78 is 0.0233. The van der Waals surface area contributed by atoms with Crippen LogP contribution >= 0.6 is 11.8 Å². The number of rotatable bonds is 3. The first kappa shape index (κ1) is 10.3. The lowest BCUT2D eigenvalue weighted by Crippen LogP contribution is -2.26. The van der Waals surface area contributed by atoms with Crippen molar-refractivity contribution in [2.45, 2.75) is 23.5 Å². The zero-order chi connectivity index (χ0) is 9.90. The molecule has 4 heteroatoms. The van der Waals surface area contributed by atoms with Crippen molar-refractivity contribution in [3.05, 3.63) is 18.5 Å². The van der Waals surface area contributed by atoms with E-state index < -0.39 is 0 Å². The van der Waals surface area contributed by atoms with Crippen molar-refractivity contribution in [1.82, 2.24) is 4.98 Å². The van der Waals surface area contributed by atoms with Gasteiger partial charge in [-0.05, 0) is 19.9 Å². The second-order valence-electron chi connectivity index (χ2n) is 3.48. The number of nitrogens with zero attached hydrogens (tertiary/aromatic N) is 1. The van der Waals surface area contributed by atoms with Crippen LogP contribution < -0.4 is 11.5 Å². The van der Waals surface area contributed by atoms with Gasteiger partial charge >= 0.3 is 0 Å². The maximum absolute atomic E-state index is 5.76. The van der Waals surface area contributed by atoms with Crippen LogP contribution in [0.4, 0.5) is 5.69 Å². The van der Waals surface area contributed by atoms with E-state index in [-0.39, 0.29) is 4.75 Å². The number of pyridine rings is 1. The summed E-state index contributed by atoms with van der Waals surface area (Å²) in [5.41, 5.74) is 12.1. The maximum Gasteiger partial charge on any atom is 0.0638 e. The van der Waals surface area contributed by atoms with E-state index in [2.05, 4.69) is 18.8 Å². The molecule has 0 saturated heterocycles. The minimum absolute atomic E-state index is 0.0233. The van der Waals surface area contributed by atoms with Crippen LogP contribution in [0, 0.1) is 0 Å². The Morgan fingerprint density at radius 2 is 2.23 bits per heavy atom. The van der Waals surface area contributed by atoms with Crippen molar-refractivity contribution in [3.63, 3.8) is 0 Å². The molecule has 0 saturated carbocycles. The molecule has 0 aliphatic carbocycles. The molecule has 1 aromatic rings. The molecule has 0 bridgehead atoms. The highest BCUT2D eigenvalue weighted by molar-refractivity contribution is 8.00. The molecular formula is C9H15N3S. The first-order chi connectivity index (χ1) is 6.05. The summed E-state index contributed by atoms with van der Waals surface area (Å²) in [6.45, 7) is 4.81. The Morgan fingerprint density at radius 3 is 2.77 bits per heavy atom. The zero-order valence-corrected chi connectivity index (χ0v) is 8.77. The second kappa shape index (κ2) is 3.98. The highest BCUT2D eigenvalue weighted by Gasteiger charge is 2.18. The van der Waals surface area contributed by atoms with Gasteiger partial charge in [0.2, 0.25) is 0 Å². The minimum Gasteiger partial charge on any atom is -0.397 e. The van der Waals surface area contributed by atoms with Crippen LogP contribution in [0.1, 0.15) is 13.8 Å². The summed E-state index contributed by atoms with van der Waals surface area (Å²) in [5.74, 6) is 0. The Hall–Kier alpha value is -0.740. The SMILES string of the molecule is CC(C)(CN)Sc1ccncc1N. The molecule has 1 rings (SSSR count). The Balaban J connectivity index is 2.80. The molecule has 0 amide bonds. The predicted octanol–water partition coefficient (Wildman–Crippen LogP) is 1.49. The van der Waals surface area contributed by atoms with E-state index in [0.29, 0.717) is 12.2 Å². The van der Waals surface area contributed by atoms with Crippen molar-refractivity contribution in [1.29, 1.82) is 0 Å². The molecule has 4 N–H and O–H groups in total. The van der Waals surface area contributed by atoms with Crippen molar-refractivity contribution >= 4 is 17.4 Å². The van der Waals surface area contributed by atoms with Gasteiger partial charge in [0.05, 0.1) is 11.9 Å². The Bertz CT molecular complexity index is 286. The van der Waals surface area contributed by atoms with Crippen LogP contribution in [0.2, 0.25) is 0 Å². The largest absolute Gasteiger partial charge is 0.397 e. The van der Waals surface area contributed by atoms with E-state index >= 15 is 0 Å². The molecule has 1 heterocycles. The fraction of sp³-hybridized carbons (Fsp3) is 0.444. The molecule has 0 aromatic carbocycles. The fourth-order valence-electron chi connectivity index (χ4n) is 0.826. The van der Waals surface area contributed by atoms with Crippen LogP contribution in [0.15, 0.2) is 23.4 Å². The smallest absolute Gasteiger partial charge is 0.0638 e. The molecule has 0 aliphatic rings. The van der Waals surface area contributed by atoms with Crippen LogP contribution in [0.25, 0.3) is 0 Å². The van der Waals surface area contributed by atoms with Gasteiger partial charge in [-0.1, -0.05) is 0 Å². The molecule has 3 nitrogen and oxygen atoms in total. The van der Waals surface area contributed by atoms with E-state index in [4.69, 9.17) is 11.5 Å². The zero-order valence-electron chi connectivity index (χ0n) is 7.95. The number of nitrogen functional groups attached to an aromatic ring is 1. The molecule has 1 aromatic heterocycles. The lowest BCUT2D eigenvalue weighted by atomic mass is 10.2. The monoisotopic (exact) mass is 197 g/mol. The van der Waals surface area contributed by atoms with Gasteiger partial charge in [0.25, 0.3) is 0 Å². The standard InChI is InChI=1S/C9H15N3S/c1-9(2,6-10)13-8-3-4-12-5-7(8)11/h3-5H,6,10-11H2,1-2H3. The van der Waals surface area contributed by atoms with Gasteiger partial charge in [0.1, 0.15) is 0 Å². The van der Waals surface area contributed by atoms with Gasteiger partial charge < -0.3 is 11.5 Å². The van der Waals surface area contributed by atoms with Crippen molar-refractivity contribution in [3.8, 4) is 0 Å². The average Bonchev–Trinajstić information content (AvgIpc) is 2.09. The summed E-state index contributed by atoms with van der Waals surface area (Å²) in [5, 5.41) is 0. The summed E-state index contributed by atoms with van der Waals surface area (Å²) in [6.07, 6.45) is 3.40. The van der Waals surface area contributed by atoms with Crippen molar-refractivity contribution in [2.24, 2.45) is 5.73 Å². The van der Waals surface area contributed by atoms with Gasteiger partial charge in [-0.25, -0.2) is 0 Å². The van der Waals surface area contributed by atoms with Crippen LogP contribution in [0.5, 0.6) is 0 Å². The lowest BCUT2D eigenvalue weighted by molar-refractivity contribution is 0.723. The van der Waals surface area contributed by atoms with E-state index in [1.54, 1.807) is 24.2 Å². The summed E-state index contributed by atoms with van der Waals surface area (Å²) >= 11 is 1.68. The normalized spacial score (nSPS) is 11.6. The molecule has 13 heavy (non-hydrogen) atoms. The van der Waals surface area contributed by atoms with Gasteiger partial charge in [0.15, 0.2) is 0 Å². The third kappa shape index (κ3) is 2.90. The maximum atomic E-state index is 5.76. The summed E-state index contributed by atoms with van der Waals surface area (Å²) in [6, 6.07) is 1.91. The quantitative estimate of drug-likeness (QED) is 0.721. The molecule has 0 fully saturated rings. The third-order valence-electron chi connectivity index (χ3n) is 1.69. The minimum atomic E-state index is 0.0233. The van der Waals surface area contributed by atoms with Crippen LogP contribution in [-0.4, -0.2) is 16.3 Å². The first-order valence-electron chi connectivity index (χ1n) is 4.14. The highest BCUT2D eigenvalue weighted by atomic mass is 32.2.